The molecule has 3 nitrogen and oxygen atoms in total. The molecule has 10 rings (SSSR count). The maximum absolute atomic E-state index is 14.4. The third-order valence-corrected chi connectivity index (χ3v) is 14.5. The van der Waals surface area contributed by atoms with Crippen LogP contribution in [0.4, 0.5) is 17.1 Å². The van der Waals surface area contributed by atoms with Gasteiger partial charge in [0, 0.05) is 0 Å². The van der Waals surface area contributed by atoms with Gasteiger partial charge >= 0.3 is 282 Å². The first-order chi connectivity index (χ1) is 25.7. The third-order valence-electron chi connectivity index (χ3n) is 11.3. The van der Waals surface area contributed by atoms with E-state index >= 15 is 0 Å². The van der Waals surface area contributed by atoms with Gasteiger partial charge in [-0.1, -0.05) is 12.1 Å². The Balaban J connectivity index is 1.27. The van der Waals surface area contributed by atoms with Crippen molar-refractivity contribution >= 4 is 50.5 Å². The molecule has 0 saturated heterocycles. The predicted molar refractivity (Wildman–Crippen MR) is 218 cm³/mol. The summed E-state index contributed by atoms with van der Waals surface area (Å²) in [4.78, 5) is 20.5. The molecule has 1 radical (unpaired) electrons. The molecule has 1 aliphatic heterocycles. The number of aryl methyl sites for hydroxylation is 4. The monoisotopic (exact) mass is 797 g/mol. The second kappa shape index (κ2) is 11.7. The van der Waals surface area contributed by atoms with E-state index in [1.54, 1.807) is 0 Å². The molecule has 0 fully saturated rings. The molecular formula is C49H35N2OTe. The van der Waals surface area contributed by atoms with Crippen LogP contribution in [0.2, 0.25) is 0 Å². The van der Waals surface area contributed by atoms with Gasteiger partial charge < -0.3 is 0 Å². The van der Waals surface area contributed by atoms with Gasteiger partial charge in [-0.25, -0.2) is 0 Å². The van der Waals surface area contributed by atoms with Crippen LogP contribution in [0.15, 0.2) is 139 Å². The summed E-state index contributed by atoms with van der Waals surface area (Å²) in [5, 5.41) is 0. The molecule has 0 saturated carbocycles. The number of carbonyl (C=O) groups excluding carboxylic acids is 1. The second-order valence-electron chi connectivity index (χ2n) is 14.9. The number of hydrogen-bond donors (Lipinski definition) is 0. The fraction of sp³-hybridized carbons (Fsp3) is 0.122. The molecule has 0 aromatic heterocycles. The number of hydrogen-bond acceptors (Lipinski definition) is 2. The Hall–Kier alpha value is -5.58. The molecule has 4 heteroatoms. The first kappa shape index (κ1) is 32.1. The third kappa shape index (κ3) is 4.65. The Labute approximate surface area is 320 Å². The molecule has 1 unspecified atom stereocenters. The van der Waals surface area contributed by atoms with Crippen molar-refractivity contribution in [1.82, 2.24) is 0 Å². The van der Waals surface area contributed by atoms with Crippen molar-refractivity contribution < 1.29 is 4.79 Å². The van der Waals surface area contributed by atoms with E-state index < -0.39 is 25.9 Å². The van der Waals surface area contributed by atoms with Gasteiger partial charge in [-0.15, -0.1) is 0 Å². The number of carbonyl (C=O) groups is 1. The zero-order chi connectivity index (χ0) is 36.2. The SMILES string of the molecule is [C-]#[N+]C1=CC2=[Te]c3cc4c(cc3C(=O)C2=CC1)C1(c2ccccc2-c2ccc(N(c3cc(C)cc(C)c3)c3cc(C)cc(C)c3)cc21)c1ccccc1-4. The van der Waals surface area contributed by atoms with E-state index in [2.05, 4.69) is 153 Å². The van der Waals surface area contributed by atoms with E-state index in [4.69, 9.17) is 6.57 Å². The predicted octanol–water partition coefficient (Wildman–Crippen LogP) is 10.6. The van der Waals surface area contributed by atoms with Crippen molar-refractivity contribution in [3.8, 4) is 22.3 Å². The van der Waals surface area contributed by atoms with Crippen molar-refractivity contribution in [2.24, 2.45) is 0 Å². The zero-order valence-electron chi connectivity index (χ0n) is 30.0. The summed E-state index contributed by atoms with van der Waals surface area (Å²) in [6.07, 6.45) is 4.52. The Morgan fingerprint density at radius 1 is 0.604 bits per heavy atom. The molecule has 53 heavy (non-hydrogen) atoms. The van der Waals surface area contributed by atoms with Crippen molar-refractivity contribution in [1.29, 1.82) is 0 Å². The Kier molecular flexibility index (Phi) is 7.09. The Morgan fingerprint density at radius 3 is 1.79 bits per heavy atom. The molecule has 1 spiro atoms. The van der Waals surface area contributed by atoms with Gasteiger partial charge in [0.2, 0.25) is 0 Å². The average molecular weight is 795 g/mol. The van der Waals surface area contributed by atoms with Crippen LogP contribution in [0.5, 0.6) is 0 Å². The quantitative estimate of drug-likeness (QED) is 0.131. The molecular weight excluding hydrogens is 760 g/mol. The van der Waals surface area contributed by atoms with Gasteiger partial charge in [-0.2, -0.15) is 0 Å². The number of rotatable bonds is 3. The van der Waals surface area contributed by atoms with Crippen molar-refractivity contribution in [2.75, 3.05) is 4.90 Å². The number of allylic oxidation sites excluding steroid dienone is 3. The van der Waals surface area contributed by atoms with Crippen molar-refractivity contribution in [3.63, 3.8) is 0 Å². The van der Waals surface area contributed by atoms with Crippen LogP contribution in [0.25, 0.3) is 27.1 Å². The summed E-state index contributed by atoms with van der Waals surface area (Å²) in [7, 11) is 0. The fourth-order valence-electron chi connectivity index (χ4n) is 9.38. The molecule has 0 bridgehead atoms. The van der Waals surface area contributed by atoms with E-state index in [-0.39, 0.29) is 5.78 Å². The van der Waals surface area contributed by atoms with E-state index in [0.29, 0.717) is 6.42 Å². The van der Waals surface area contributed by atoms with E-state index in [0.717, 1.165) is 41.1 Å². The molecule has 6 aromatic carbocycles. The van der Waals surface area contributed by atoms with Crippen LogP contribution >= 0.6 is 0 Å². The summed E-state index contributed by atoms with van der Waals surface area (Å²) < 4.78 is 2.25. The molecule has 6 aromatic rings. The molecule has 0 amide bonds. The number of ketones is 1. The van der Waals surface area contributed by atoms with Gasteiger partial charge in [0.05, 0.1) is 0 Å². The van der Waals surface area contributed by atoms with Crippen LogP contribution in [-0.4, -0.2) is 29.8 Å². The standard InChI is InChI=1S/C49H35N2OTe/c1-28-18-29(2)21-34(20-28)51(35-22-30(3)19-31(4)23-35)33-15-17-38-36-10-6-8-12-42(36)49(44(38)25-33)43-13-9-7-11-37(43)40-27-47-41(26-45(40)49)48(52)39-16-14-32(50-5)24-46(39)53-47/h6-13,15-27H,14H2,1-4H3. The number of benzene rings is 6. The van der Waals surface area contributed by atoms with E-state index in [1.165, 1.54) is 66.8 Å². The minimum absolute atomic E-state index is 0.0941. The van der Waals surface area contributed by atoms with Crippen molar-refractivity contribution in [2.45, 2.75) is 39.5 Å². The minimum atomic E-state index is -0.866. The van der Waals surface area contributed by atoms with E-state index in [1.807, 2.05) is 12.2 Å². The van der Waals surface area contributed by atoms with Crippen LogP contribution in [0.3, 0.4) is 0 Å². The van der Waals surface area contributed by atoms with Gasteiger partial charge in [-0.3, -0.25) is 0 Å². The first-order valence-corrected chi connectivity index (χ1v) is 20.5. The summed E-state index contributed by atoms with van der Waals surface area (Å²) in [6.45, 7) is 16.3. The van der Waals surface area contributed by atoms with Crippen LogP contribution in [-0.2, 0) is 5.41 Å². The Morgan fingerprint density at radius 2 is 1.17 bits per heavy atom. The maximum atomic E-state index is 14.4. The molecule has 3 aliphatic carbocycles. The van der Waals surface area contributed by atoms with Gasteiger partial charge in [0.25, 0.3) is 0 Å². The normalized spacial score (nSPS) is 17.0. The molecule has 1 atom stereocenters. The topological polar surface area (TPSA) is 24.7 Å². The average Bonchev–Trinajstić information content (AvgIpc) is 3.60. The zero-order valence-corrected chi connectivity index (χ0v) is 32.4. The van der Waals surface area contributed by atoms with E-state index in [9.17, 15) is 4.79 Å². The van der Waals surface area contributed by atoms with Crippen LogP contribution in [0.1, 0.15) is 61.3 Å². The first-order valence-electron chi connectivity index (χ1n) is 18.1. The molecule has 1 heterocycles. The second-order valence-corrected chi connectivity index (χ2v) is 18.0. The summed E-state index contributed by atoms with van der Waals surface area (Å²) in [5.74, 6) is 0.0941. The molecule has 253 valence electrons. The Bertz CT molecular complexity index is 2700. The van der Waals surface area contributed by atoms with Crippen LogP contribution in [0, 0.1) is 34.3 Å². The number of nitrogens with zero attached hydrogens (tertiary/aromatic N) is 2. The number of fused-ring (bicyclic) bond motifs is 12. The van der Waals surface area contributed by atoms with Crippen LogP contribution < -0.4 is 8.51 Å². The summed E-state index contributed by atoms with van der Waals surface area (Å²) in [6, 6.07) is 43.0. The van der Waals surface area contributed by atoms with Gasteiger partial charge in [-0.05, 0) is 27.7 Å². The summed E-state index contributed by atoms with van der Waals surface area (Å²) >= 11 is -0.866. The number of anilines is 3. The fourth-order valence-corrected chi connectivity index (χ4v) is 12.7. The summed E-state index contributed by atoms with van der Waals surface area (Å²) in [5.41, 5.74) is 19.9. The molecule has 0 N–H and O–H groups in total. The van der Waals surface area contributed by atoms with Gasteiger partial charge in [0.15, 0.2) is 0 Å². The molecule has 4 aliphatic rings. The number of Topliss-reactive ketones (excluding diaryl/α,β-unsaturated/α-hetero) is 1. The van der Waals surface area contributed by atoms with Gasteiger partial charge in [0.1, 0.15) is 0 Å². The van der Waals surface area contributed by atoms with Crippen molar-refractivity contribution in [3.05, 3.63) is 200 Å².